The van der Waals surface area contributed by atoms with Gasteiger partial charge in [-0.25, -0.2) is 0 Å². The van der Waals surface area contributed by atoms with E-state index < -0.39 is 17.2 Å². The van der Waals surface area contributed by atoms with Crippen LogP contribution < -0.4 is 5.43 Å². The largest absolute Gasteiger partial charge is 0.418 e. The van der Waals surface area contributed by atoms with E-state index in [1.807, 2.05) is 0 Å². The molecule has 0 spiro atoms. The number of aromatic nitrogens is 1. The first kappa shape index (κ1) is 11.0. The SMILES string of the molecule is O=c1cc[nH]c2c(C(F)(F)F)ccc(Cl)c12. The van der Waals surface area contributed by atoms with E-state index in [0.29, 0.717) is 0 Å². The molecular weight excluding hydrogens is 243 g/mol. The van der Waals surface area contributed by atoms with E-state index in [-0.39, 0.29) is 15.9 Å². The van der Waals surface area contributed by atoms with Crippen LogP contribution in [-0.4, -0.2) is 4.98 Å². The lowest BCUT2D eigenvalue weighted by atomic mass is 10.1. The molecule has 1 aromatic carbocycles. The van der Waals surface area contributed by atoms with E-state index in [0.717, 1.165) is 24.4 Å². The highest BCUT2D eigenvalue weighted by molar-refractivity contribution is 6.35. The quantitative estimate of drug-likeness (QED) is 0.762. The maximum absolute atomic E-state index is 12.6. The molecule has 16 heavy (non-hydrogen) atoms. The summed E-state index contributed by atoms with van der Waals surface area (Å²) >= 11 is 5.70. The number of H-pyrrole nitrogens is 1. The van der Waals surface area contributed by atoms with Crippen molar-refractivity contribution in [3.05, 3.63) is 45.2 Å². The number of benzene rings is 1. The van der Waals surface area contributed by atoms with Gasteiger partial charge in [0.15, 0.2) is 5.43 Å². The molecule has 0 aliphatic heterocycles. The van der Waals surface area contributed by atoms with Crippen LogP contribution in [0, 0.1) is 0 Å². The second-order valence-corrected chi connectivity index (χ2v) is 3.59. The van der Waals surface area contributed by atoms with Gasteiger partial charge in [0.1, 0.15) is 0 Å². The Morgan fingerprint density at radius 2 is 1.88 bits per heavy atom. The fourth-order valence-electron chi connectivity index (χ4n) is 1.49. The Morgan fingerprint density at radius 3 is 2.50 bits per heavy atom. The number of rotatable bonds is 0. The maximum atomic E-state index is 12.6. The zero-order valence-electron chi connectivity index (χ0n) is 7.73. The van der Waals surface area contributed by atoms with Gasteiger partial charge < -0.3 is 4.98 Å². The van der Waals surface area contributed by atoms with E-state index in [2.05, 4.69) is 4.98 Å². The number of fused-ring (bicyclic) bond motifs is 1. The van der Waals surface area contributed by atoms with Gasteiger partial charge in [-0.1, -0.05) is 11.6 Å². The molecule has 1 aromatic heterocycles. The van der Waals surface area contributed by atoms with E-state index in [1.54, 1.807) is 0 Å². The molecule has 0 aliphatic rings. The van der Waals surface area contributed by atoms with Crippen LogP contribution in [0.4, 0.5) is 13.2 Å². The van der Waals surface area contributed by atoms with Crippen molar-refractivity contribution >= 4 is 22.5 Å². The van der Waals surface area contributed by atoms with E-state index in [4.69, 9.17) is 11.6 Å². The molecule has 0 atom stereocenters. The van der Waals surface area contributed by atoms with Gasteiger partial charge in [0.05, 0.1) is 21.5 Å². The molecule has 0 amide bonds. The average molecular weight is 248 g/mol. The maximum Gasteiger partial charge on any atom is 0.418 e. The minimum atomic E-state index is -4.52. The molecule has 0 aliphatic carbocycles. The Balaban J connectivity index is 2.96. The van der Waals surface area contributed by atoms with Crippen LogP contribution in [0.3, 0.4) is 0 Å². The van der Waals surface area contributed by atoms with Gasteiger partial charge in [0.2, 0.25) is 0 Å². The summed E-state index contributed by atoms with van der Waals surface area (Å²) in [5, 5.41) is -0.135. The van der Waals surface area contributed by atoms with Gasteiger partial charge in [-0.2, -0.15) is 13.2 Å². The van der Waals surface area contributed by atoms with Crippen LogP contribution in [0.1, 0.15) is 5.56 Å². The van der Waals surface area contributed by atoms with Gasteiger partial charge in [-0.05, 0) is 12.1 Å². The molecule has 2 rings (SSSR count). The summed E-state index contributed by atoms with van der Waals surface area (Å²) in [6, 6.07) is 3.05. The smallest absolute Gasteiger partial charge is 0.360 e. The Bertz CT molecular complexity index is 603. The second kappa shape index (κ2) is 3.52. The van der Waals surface area contributed by atoms with Crippen molar-refractivity contribution in [3.63, 3.8) is 0 Å². The molecule has 2 nitrogen and oxygen atoms in total. The van der Waals surface area contributed by atoms with Crippen LogP contribution in [0.5, 0.6) is 0 Å². The van der Waals surface area contributed by atoms with Gasteiger partial charge in [-0.15, -0.1) is 0 Å². The van der Waals surface area contributed by atoms with Crippen molar-refractivity contribution in [3.8, 4) is 0 Å². The van der Waals surface area contributed by atoms with E-state index in [1.165, 1.54) is 0 Å². The molecule has 6 heteroatoms. The third-order valence-electron chi connectivity index (χ3n) is 2.17. The second-order valence-electron chi connectivity index (χ2n) is 3.18. The standard InChI is InChI=1S/C10H5ClF3NO/c11-6-2-1-5(10(12,13)14)9-8(6)7(16)3-4-15-9/h1-4H,(H,15,16). The number of halogens is 4. The molecule has 1 heterocycles. The molecule has 0 fully saturated rings. The van der Waals surface area contributed by atoms with Crippen LogP contribution >= 0.6 is 11.6 Å². The number of nitrogens with one attached hydrogen (secondary N) is 1. The summed E-state index contributed by atoms with van der Waals surface area (Å²) in [5.74, 6) is 0. The molecule has 2 aromatic rings. The lowest BCUT2D eigenvalue weighted by Gasteiger charge is -2.10. The Labute approximate surface area is 92.7 Å². The number of aromatic amines is 1. The summed E-state index contributed by atoms with van der Waals surface area (Å²) in [4.78, 5) is 13.8. The molecule has 0 unspecified atom stereocenters. The fraction of sp³-hybridized carbons (Fsp3) is 0.100. The van der Waals surface area contributed by atoms with Crippen molar-refractivity contribution in [2.24, 2.45) is 0 Å². The zero-order chi connectivity index (χ0) is 11.9. The van der Waals surface area contributed by atoms with Crippen molar-refractivity contribution < 1.29 is 13.2 Å². The third-order valence-corrected chi connectivity index (χ3v) is 2.48. The van der Waals surface area contributed by atoms with Crippen LogP contribution in [0.25, 0.3) is 10.9 Å². The number of hydrogen-bond acceptors (Lipinski definition) is 1. The number of hydrogen-bond donors (Lipinski definition) is 1. The Kier molecular flexibility index (Phi) is 2.42. The number of pyridine rings is 1. The van der Waals surface area contributed by atoms with Crippen LogP contribution in [0.2, 0.25) is 5.02 Å². The van der Waals surface area contributed by atoms with Crippen molar-refractivity contribution in [1.29, 1.82) is 0 Å². The van der Waals surface area contributed by atoms with Crippen molar-refractivity contribution in [2.75, 3.05) is 0 Å². The lowest BCUT2D eigenvalue weighted by Crippen LogP contribution is -2.10. The number of alkyl halides is 3. The summed E-state index contributed by atoms with van der Waals surface area (Å²) in [6.45, 7) is 0. The normalized spacial score (nSPS) is 12.0. The fourth-order valence-corrected chi connectivity index (χ4v) is 1.74. The van der Waals surface area contributed by atoms with Gasteiger partial charge in [0, 0.05) is 12.3 Å². The third kappa shape index (κ3) is 1.67. The summed E-state index contributed by atoms with van der Waals surface area (Å²) in [6.07, 6.45) is -3.36. The first-order valence-electron chi connectivity index (χ1n) is 4.28. The highest BCUT2D eigenvalue weighted by atomic mass is 35.5. The molecule has 0 radical (unpaired) electrons. The van der Waals surface area contributed by atoms with Gasteiger partial charge >= 0.3 is 6.18 Å². The Hall–Kier alpha value is -1.49. The highest BCUT2D eigenvalue weighted by Gasteiger charge is 2.33. The predicted octanol–water partition coefficient (Wildman–Crippen LogP) is 3.20. The molecule has 0 saturated carbocycles. The topological polar surface area (TPSA) is 32.9 Å². The van der Waals surface area contributed by atoms with Gasteiger partial charge in [0.25, 0.3) is 0 Å². The molecule has 0 bridgehead atoms. The zero-order valence-corrected chi connectivity index (χ0v) is 8.49. The van der Waals surface area contributed by atoms with Crippen molar-refractivity contribution in [1.82, 2.24) is 4.98 Å². The molecular formula is C10H5ClF3NO. The first-order valence-corrected chi connectivity index (χ1v) is 4.66. The molecule has 0 saturated heterocycles. The van der Waals surface area contributed by atoms with E-state index in [9.17, 15) is 18.0 Å². The highest BCUT2D eigenvalue weighted by Crippen LogP contribution is 2.35. The Morgan fingerprint density at radius 1 is 1.19 bits per heavy atom. The van der Waals surface area contributed by atoms with Crippen molar-refractivity contribution in [2.45, 2.75) is 6.18 Å². The van der Waals surface area contributed by atoms with E-state index >= 15 is 0 Å². The van der Waals surface area contributed by atoms with Crippen LogP contribution in [-0.2, 0) is 6.18 Å². The summed E-state index contributed by atoms with van der Waals surface area (Å²) in [5.41, 5.74) is -1.72. The minimum absolute atomic E-state index is 0.00449. The summed E-state index contributed by atoms with van der Waals surface area (Å²) in [7, 11) is 0. The monoisotopic (exact) mass is 247 g/mol. The average Bonchev–Trinajstić information content (AvgIpc) is 2.16. The minimum Gasteiger partial charge on any atom is -0.360 e. The summed E-state index contributed by atoms with van der Waals surface area (Å²) < 4.78 is 37.8. The molecule has 84 valence electrons. The molecule has 1 N–H and O–H groups in total. The lowest BCUT2D eigenvalue weighted by molar-refractivity contribution is -0.136. The predicted molar refractivity (Wildman–Crippen MR) is 54.6 cm³/mol. The van der Waals surface area contributed by atoms with Crippen LogP contribution in [0.15, 0.2) is 29.2 Å². The van der Waals surface area contributed by atoms with Gasteiger partial charge in [-0.3, -0.25) is 4.79 Å². The first-order chi connectivity index (χ1) is 7.41.